The first-order chi connectivity index (χ1) is 10.8. The van der Waals surface area contributed by atoms with E-state index < -0.39 is 17.9 Å². The van der Waals surface area contributed by atoms with Crippen molar-refractivity contribution in [3.8, 4) is 0 Å². The molecule has 126 valence electrons. The van der Waals surface area contributed by atoms with Crippen LogP contribution in [-0.4, -0.2) is 47.4 Å². The van der Waals surface area contributed by atoms with E-state index in [2.05, 4.69) is 5.32 Å². The van der Waals surface area contributed by atoms with Crippen molar-refractivity contribution < 1.29 is 19.5 Å². The van der Waals surface area contributed by atoms with Crippen LogP contribution in [-0.2, 0) is 4.79 Å². The number of benzene rings is 1. The second-order valence-corrected chi connectivity index (χ2v) is 5.89. The Balaban J connectivity index is 2.91. The van der Waals surface area contributed by atoms with E-state index in [1.54, 1.807) is 25.2 Å². The van der Waals surface area contributed by atoms with Crippen LogP contribution in [0.2, 0.25) is 0 Å². The lowest BCUT2D eigenvalue weighted by Gasteiger charge is -2.17. The molecule has 23 heavy (non-hydrogen) atoms. The van der Waals surface area contributed by atoms with Gasteiger partial charge < -0.3 is 15.3 Å². The summed E-state index contributed by atoms with van der Waals surface area (Å²) in [4.78, 5) is 37.1. The first kappa shape index (κ1) is 18.7. The van der Waals surface area contributed by atoms with Crippen molar-refractivity contribution in [1.82, 2.24) is 10.2 Å². The third kappa shape index (κ3) is 5.39. The average molecular weight is 320 g/mol. The highest BCUT2D eigenvalue weighted by Crippen LogP contribution is 2.10. The summed E-state index contributed by atoms with van der Waals surface area (Å²) in [7, 11) is 1.68. The van der Waals surface area contributed by atoms with Gasteiger partial charge in [-0.15, -0.1) is 0 Å². The highest BCUT2D eigenvalue weighted by atomic mass is 16.4. The van der Waals surface area contributed by atoms with Gasteiger partial charge >= 0.3 is 5.97 Å². The average Bonchev–Trinajstić information content (AvgIpc) is 2.52. The van der Waals surface area contributed by atoms with Crippen molar-refractivity contribution in [2.75, 3.05) is 13.6 Å². The van der Waals surface area contributed by atoms with Crippen LogP contribution in [0.15, 0.2) is 24.3 Å². The van der Waals surface area contributed by atoms with E-state index in [-0.39, 0.29) is 17.4 Å². The predicted molar refractivity (Wildman–Crippen MR) is 87.4 cm³/mol. The van der Waals surface area contributed by atoms with Crippen molar-refractivity contribution in [2.24, 2.45) is 5.92 Å². The number of carbonyl (C=O) groups excluding carboxylic acids is 2. The van der Waals surface area contributed by atoms with Crippen LogP contribution >= 0.6 is 0 Å². The molecule has 2 N–H and O–H groups in total. The van der Waals surface area contributed by atoms with E-state index in [0.29, 0.717) is 18.5 Å². The third-order valence-electron chi connectivity index (χ3n) is 3.50. The molecular formula is C17H24N2O4. The SMILES string of the molecule is CCN(C)C(=O)c1cccc(C(=O)N[C@@H](CC(C)C)C(=O)O)c1. The number of carboxylic acids is 1. The second kappa shape index (κ2) is 8.31. The van der Waals surface area contributed by atoms with Gasteiger partial charge in [0, 0.05) is 24.7 Å². The number of aliphatic carboxylic acids is 1. The highest BCUT2D eigenvalue weighted by Gasteiger charge is 2.22. The van der Waals surface area contributed by atoms with E-state index in [1.165, 1.54) is 11.0 Å². The van der Waals surface area contributed by atoms with Crippen molar-refractivity contribution in [1.29, 1.82) is 0 Å². The number of carbonyl (C=O) groups is 3. The Labute approximate surface area is 136 Å². The van der Waals surface area contributed by atoms with Crippen LogP contribution in [0.4, 0.5) is 0 Å². The van der Waals surface area contributed by atoms with E-state index in [9.17, 15) is 19.5 Å². The van der Waals surface area contributed by atoms with Crippen molar-refractivity contribution in [3.63, 3.8) is 0 Å². The fourth-order valence-electron chi connectivity index (χ4n) is 2.09. The van der Waals surface area contributed by atoms with E-state index in [4.69, 9.17) is 0 Å². The van der Waals surface area contributed by atoms with Crippen LogP contribution in [0.3, 0.4) is 0 Å². The number of hydrogen-bond acceptors (Lipinski definition) is 3. The van der Waals surface area contributed by atoms with Gasteiger partial charge in [0.25, 0.3) is 11.8 Å². The van der Waals surface area contributed by atoms with Crippen LogP contribution in [0.1, 0.15) is 47.9 Å². The maximum absolute atomic E-state index is 12.3. The van der Waals surface area contributed by atoms with Crippen molar-refractivity contribution in [2.45, 2.75) is 33.2 Å². The Morgan fingerprint density at radius 2 is 1.83 bits per heavy atom. The Morgan fingerprint density at radius 3 is 2.35 bits per heavy atom. The standard InChI is InChI=1S/C17H24N2O4/c1-5-19(4)16(21)13-8-6-7-12(10-13)15(20)18-14(17(22)23)9-11(2)3/h6-8,10-11,14H,5,9H2,1-4H3,(H,18,20)(H,22,23)/t14-/m0/s1. The molecule has 2 amide bonds. The molecular weight excluding hydrogens is 296 g/mol. The first-order valence-electron chi connectivity index (χ1n) is 7.65. The number of amides is 2. The molecule has 1 aromatic carbocycles. The summed E-state index contributed by atoms with van der Waals surface area (Å²) in [6.45, 7) is 6.20. The maximum atomic E-state index is 12.3. The third-order valence-corrected chi connectivity index (χ3v) is 3.50. The lowest BCUT2D eigenvalue weighted by atomic mass is 10.0. The van der Waals surface area contributed by atoms with Gasteiger partial charge in [-0.05, 0) is 37.5 Å². The fraction of sp³-hybridized carbons (Fsp3) is 0.471. The Morgan fingerprint density at radius 1 is 1.22 bits per heavy atom. The minimum atomic E-state index is -1.06. The number of rotatable bonds is 7. The van der Waals surface area contributed by atoms with Crippen molar-refractivity contribution in [3.05, 3.63) is 35.4 Å². The highest BCUT2D eigenvalue weighted by molar-refractivity contribution is 6.00. The molecule has 1 aromatic rings. The lowest BCUT2D eigenvalue weighted by Crippen LogP contribution is -2.41. The molecule has 0 fully saturated rings. The van der Waals surface area contributed by atoms with Crippen molar-refractivity contribution >= 4 is 17.8 Å². The molecule has 6 heteroatoms. The van der Waals surface area contributed by atoms with E-state index in [1.807, 2.05) is 20.8 Å². The summed E-state index contributed by atoms with van der Waals surface area (Å²) in [5.74, 6) is -1.60. The summed E-state index contributed by atoms with van der Waals surface area (Å²) in [6, 6.07) is 5.35. The molecule has 0 radical (unpaired) electrons. The Hall–Kier alpha value is -2.37. The largest absolute Gasteiger partial charge is 0.480 e. The van der Waals surface area contributed by atoms with Crippen LogP contribution < -0.4 is 5.32 Å². The molecule has 0 heterocycles. The molecule has 0 aliphatic heterocycles. The summed E-state index contributed by atoms with van der Waals surface area (Å²) >= 11 is 0. The quantitative estimate of drug-likeness (QED) is 0.804. The second-order valence-electron chi connectivity index (χ2n) is 5.89. The predicted octanol–water partition coefficient (Wildman–Crippen LogP) is 2.01. The summed E-state index contributed by atoms with van der Waals surface area (Å²) < 4.78 is 0. The number of hydrogen-bond donors (Lipinski definition) is 2. The van der Waals surface area contributed by atoms with E-state index >= 15 is 0 Å². The van der Waals surface area contributed by atoms with E-state index in [0.717, 1.165) is 0 Å². The topological polar surface area (TPSA) is 86.7 Å². The summed E-state index contributed by atoms with van der Waals surface area (Å²) in [5, 5.41) is 11.7. The minimum absolute atomic E-state index is 0.141. The van der Waals surface area contributed by atoms with Gasteiger partial charge in [0.15, 0.2) is 0 Å². The molecule has 0 saturated heterocycles. The molecule has 0 aromatic heterocycles. The molecule has 0 spiro atoms. The lowest BCUT2D eigenvalue weighted by molar-refractivity contribution is -0.139. The molecule has 0 saturated carbocycles. The van der Waals surface area contributed by atoms with Gasteiger partial charge in [-0.3, -0.25) is 9.59 Å². The molecule has 1 atom stereocenters. The maximum Gasteiger partial charge on any atom is 0.326 e. The fourth-order valence-corrected chi connectivity index (χ4v) is 2.09. The zero-order chi connectivity index (χ0) is 17.6. The zero-order valence-electron chi connectivity index (χ0n) is 14.0. The first-order valence-corrected chi connectivity index (χ1v) is 7.65. The molecule has 0 aliphatic rings. The van der Waals surface area contributed by atoms with Gasteiger partial charge in [-0.25, -0.2) is 4.79 Å². The van der Waals surface area contributed by atoms with Gasteiger partial charge in [-0.1, -0.05) is 19.9 Å². The summed E-state index contributed by atoms with van der Waals surface area (Å²) in [5.41, 5.74) is 0.674. The van der Waals surface area contributed by atoms with Crippen LogP contribution in [0.25, 0.3) is 0 Å². The van der Waals surface area contributed by atoms with Crippen LogP contribution in [0, 0.1) is 5.92 Å². The van der Waals surface area contributed by atoms with Crippen LogP contribution in [0.5, 0.6) is 0 Å². The molecule has 0 bridgehead atoms. The molecule has 1 rings (SSSR count). The summed E-state index contributed by atoms with van der Waals surface area (Å²) in [6.07, 6.45) is 0.346. The Bertz CT molecular complexity index is 584. The molecule has 0 unspecified atom stereocenters. The number of nitrogens with one attached hydrogen (secondary N) is 1. The molecule has 6 nitrogen and oxygen atoms in total. The van der Waals surface area contributed by atoms with Gasteiger partial charge in [0.2, 0.25) is 0 Å². The smallest absolute Gasteiger partial charge is 0.326 e. The monoisotopic (exact) mass is 320 g/mol. The number of nitrogens with zero attached hydrogens (tertiary/aromatic N) is 1. The van der Waals surface area contributed by atoms with Gasteiger partial charge in [0.05, 0.1) is 0 Å². The minimum Gasteiger partial charge on any atom is -0.480 e. The normalized spacial score (nSPS) is 11.9. The Kier molecular flexibility index (Phi) is 6.75. The zero-order valence-corrected chi connectivity index (χ0v) is 14.0. The van der Waals surface area contributed by atoms with Gasteiger partial charge in [-0.2, -0.15) is 0 Å². The number of carboxylic acid groups (broad SMARTS) is 1. The van der Waals surface area contributed by atoms with Gasteiger partial charge in [0.1, 0.15) is 6.04 Å². The molecule has 0 aliphatic carbocycles.